The first kappa shape index (κ1) is 13.6. The van der Waals surface area contributed by atoms with Crippen molar-refractivity contribution < 1.29 is 5.11 Å². The topological polar surface area (TPSA) is 20.2 Å². The highest BCUT2D eigenvalue weighted by molar-refractivity contribution is 5.07. The predicted octanol–water partition coefficient (Wildman–Crippen LogP) is 4.78. The van der Waals surface area contributed by atoms with Crippen LogP contribution in [0.2, 0.25) is 0 Å². The normalized spacial score (nSPS) is 58.6. The van der Waals surface area contributed by atoms with E-state index in [1.807, 2.05) is 0 Å². The van der Waals surface area contributed by atoms with Gasteiger partial charge >= 0.3 is 0 Å². The van der Waals surface area contributed by atoms with Crippen molar-refractivity contribution in [3.8, 4) is 0 Å². The van der Waals surface area contributed by atoms with E-state index in [2.05, 4.69) is 13.8 Å². The van der Waals surface area contributed by atoms with Gasteiger partial charge in [0.1, 0.15) is 0 Å². The molecule has 0 aromatic carbocycles. The second-order valence-electron chi connectivity index (χ2n) is 9.17. The van der Waals surface area contributed by atoms with E-state index in [-0.39, 0.29) is 6.10 Å². The van der Waals surface area contributed by atoms with Crippen LogP contribution in [0.3, 0.4) is 0 Å². The molecule has 0 saturated heterocycles. The van der Waals surface area contributed by atoms with Crippen LogP contribution < -0.4 is 0 Å². The van der Waals surface area contributed by atoms with Crippen LogP contribution in [0, 0.1) is 34.5 Å². The summed E-state index contributed by atoms with van der Waals surface area (Å²) in [5, 5.41) is 10.0. The van der Waals surface area contributed by atoms with Gasteiger partial charge in [-0.25, -0.2) is 0 Å². The average molecular weight is 276 g/mol. The van der Waals surface area contributed by atoms with Gasteiger partial charge in [0.25, 0.3) is 0 Å². The number of rotatable bonds is 0. The predicted molar refractivity (Wildman–Crippen MR) is 82.4 cm³/mol. The Morgan fingerprint density at radius 1 is 0.850 bits per heavy atom. The molecule has 0 heterocycles. The molecule has 4 saturated carbocycles. The zero-order chi connectivity index (χ0) is 14.0. The molecule has 0 aromatic rings. The zero-order valence-corrected chi connectivity index (χ0v) is 13.4. The molecule has 4 rings (SSSR count). The number of hydrogen-bond acceptors (Lipinski definition) is 1. The maximum Gasteiger partial charge on any atom is 0.0543 e. The summed E-state index contributed by atoms with van der Waals surface area (Å²) in [6.45, 7) is 5.19. The van der Waals surface area contributed by atoms with Gasteiger partial charge in [-0.3, -0.25) is 0 Å². The highest BCUT2D eigenvalue weighted by Crippen LogP contribution is 2.66. The Kier molecular flexibility index (Phi) is 3.05. The van der Waals surface area contributed by atoms with E-state index in [9.17, 15) is 5.11 Å². The summed E-state index contributed by atoms with van der Waals surface area (Å²) in [4.78, 5) is 0. The first-order chi connectivity index (χ1) is 9.53. The summed E-state index contributed by atoms with van der Waals surface area (Å²) in [5.41, 5.74) is 1.25. The van der Waals surface area contributed by atoms with Gasteiger partial charge in [-0.2, -0.15) is 0 Å². The maximum absolute atomic E-state index is 10.0. The molecule has 1 N–H and O–H groups in total. The maximum atomic E-state index is 10.0. The largest absolute Gasteiger partial charge is 0.393 e. The second-order valence-corrected chi connectivity index (χ2v) is 9.17. The Morgan fingerprint density at radius 3 is 2.55 bits per heavy atom. The van der Waals surface area contributed by atoms with Gasteiger partial charge in [-0.1, -0.05) is 20.3 Å². The fourth-order valence-electron chi connectivity index (χ4n) is 7.23. The van der Waals surface area contributed by atoms with E-state index in [1.54, 1.807) is 0 Å². The van der Waals surface area contributed by atoms with Crippen molar-refractivity contribution in [2.24, 2.45) is 34.5 Å². The van der Waals surface area contributed by atoms with Gasteiger partial charge in [0, 0.05) is 0 Å². The molecule has 0 radical (unpaired) electrons. The van der Waals surface area contributed by atoms with E-state index in [4.69, 9.17) is 0 Å². The molecule has 20 heavy (non-hydrogen) atoms. The molecular formula is C19H32O. The highest BCUT2D eigenvalue weighted by Gasteiger charge is 2.57. The summed E-state index contributed by atoms with van der Waals surface area (Å²) < 4.78 is 0. The lowest BCUT2D eigenvalue weighted by atomic mass is 9.45. The van der Waals surface area contributed by atoms with Crippen LogP contribution in [-0.4, -0.2) is 11.2 Å². The number of hydrogen-bond donors (Lipinski definition) is 1. The summed E-state index contributed by atoms with van der Waals surface area (Å²) in [6.07, 6.45) is 13.8. The highest BCUT2D eigenvalue weighted by atomic mass is 16.3. The van der Waals surface area contributed by atoms with E-state index < -0.39 is 0 Å². The Morgan fingerprint density at radius 2 is 1.70 bits per heavy atom. The van der Waals surface area contributed by atoms with Gasteiger partial charge in [-0.15, -0.1) is 0 Å². The molecule has 1 heteroatoms. The molecule has 0 amide bonds. The lowest BCUT2D eigenvalue weighted by Crippen LogP contribution is -2.53. The minimum atomic E-state index is 0.00459. The molecule has 114 valence electrons. The molecule has 0 aliphatic heterocycles. The Balaban J connectivity index is 1.62. The van der Waals surface area contributed by atoms with Crippen molar-refractivity contribution in [1.82, 2.24) is 0 Å². The molecule has 4 fully saturated rings. The van der Waals surface area contributed by atoms with Crippen molar-refractivity contribution in [1.29, 1.82) is 0 Å². The van der Waals surface area contributed by atoms with Crippen LogP contribution >= 0.6 is 0 Å². The molecule has 5 unspecified atom stereocenters. The lowest BCUT2D eigenvalue weighted by molar-refractivity contribution is -0.120. The molecule has 0 aromatic heterocycles. The van der Waals surface area contributed by atoms with Crippen LogP contribution in [0.25, 0.3) is 0 Å². The minimum absolute atomic E-state index is 0.00459. The molecule has 7 atom stereocenters. The van der Waals surface area contributed by atoms with E-state index >= 15 is 0 Å². The third-order valence-electron chi connectivity index (χ3n) is 8.42. The van der Waals surface area contributed by atoms with Gasteiger partial charge in [0.15, 0.2) is 0 Å². The monoisotopic (exact) mass is 276 g/mol. The fraction of sp³-hybridized carbons (Fsp3) is 1.00. The van der Waals surface area contributed by atoms with Crippen LogP contribution in [0.1, 0.15) is 78.1 Å². The number of fused-ring (bicyclic) bond motifs is 5. The van der Waals surface area contributed by atoms with E-state index in [0.717, 1.165) is 36.5 Å². The Labute approximate surface area is 124 Å². The first-order valence-corrected chi connectivity index (χ1v) is 9.21. The molecule has 4 aliphatic rings. The average Bonchev–Trinajstić information content (AvgIpc) is 2.81. The Bertz CT molecular complexity index is 391. The van der Waals surface area contributed by atoms with Crippen molar-refractivity contribution in [3.63, 3.8) is 0 Å². The molecule has 4 aliphatic carbocycles. The van der Waals surface area contributed by atoms with E-state index in [1.165, 1.54) is 51.4 Å². The second kappa shape index (κ2) is 4.48. The van der Waals surface area contributed by atoms with Crippen molar-refractivity contribution in [3.05, 3.63) is 0 Å². The van der Waals surface area contributed by atoms with Gasteiger partial charge in [-0.05, 0) is 92.3 Å². The molecule has 0 bridgehead atoms. The first-order valence-electron chi connectivity index (χ1n) is 9.21. The van der Waals surface area contributed by atoms with Crippen LogP contribution in [0.4, 0.5) is 0 Å². The summed E-state index contributed by atoms with van der Waals surface area (Å²) in [7, 11) is 0. The van der Waals surface area contributed by atoms with Crippen LogP contribution in [0.5, 0.6) is 0 Å². The standard InChI is InChI=1S/C19H32O/c1-18-9-3-4-16(18)15-6-5-13-12-14(20)7-11-19(13,2)17(15)8-10-18/h13-17,20H,3-12H2,1-2H3/t13-,14+,15?,16?,17?,18?,19?/m0/s1. The van der Waals surface area contributed by atoms with Gasteiger partial charge < -0.3 is 5.11 Å². The van der Waals surface area contributed by atoms with Gasteiger partial charge in [0.05, 0.1) is 6.10 Å². The molecule has 1 nitrogen and oxygen atoms in total. The SMILES string of the molecule is CC12CCCC1C1CC[C@H]3C[C@H](O)CCC3(C)C1CC2. The third-order valence-corrected chi connectivity index (χ3v) is 8.42. The number of aliphatic hydroxyl groups is 1. The minimum Gasteiger partial charge on any atom is -0.393 e. The van der Waals surface area contributed by atoms with Crippen LogP contribution in [0.15, 0.2) is 0 Å². The fourth-order valence-corrected chi connectivity index (χ4v) is 7.23. The quantitative estimate of drug-likeness (QED) is 0.675. The molecule has 0 spiro atoms. The van der Waals surface area contributed by atoms with Crippen LogP contribution in [-0.2, 0) is 0 Å². The third kappa shape index (κ3) is 1.77. The Hall–Kier alpha value is -0.0400. The van der Waals surface area contributed by atoms with Gasteiger partial charge in [0.2, 0.25) is 0 Å². The smallest absolute Gasteiger partial charge is 0.0543 e. The van der Waals surface area contributed by atoms with Crippen molar-refractivity contribution in [2.75, 3.05) is 0 Å². The van der Waals surface area contributed by atoms with Crippen molar-refractivity contribution in [2.45, 2.75) is 84.2 Å². The zero-order valence-electron chi connectivity index (χ0n) is 13.4. The number of aliphatic hydroxyl groups excluding tert-OH is 1. The summed E-state index contributed by atoms with van der Waals surface area (Å²) >= 11 is 0. The summed E-state index contributed by atoms with van der Waals surface area (Å²) in [5.74, 6) is 3.85. The van der Waals surface area contributed by atoms with E-state index in [0.29, 0.717) is 10.8 Å². The lowest BCUT2D eigenvalue weighted by Gasteiger charge is -2.60. The van der Waals surface area contributed by atoms with Crippen molar-refractivity contribution >= 4 is 0 Å². The summed E-state index contributed by atoms with van der Waals surface area (Å²) in [6, 6.07) is 0. The molecular weight excluding hydrogens is 244 g/mol.